The van der Waals surface area contributed by atoms with E-state index in [0.29, 0.717) is 0 Å². The number of carbonyl (C=O) groups is 1. The summed E-state index contributed by atoms with van der Waals surface area (Å²) in [4.78, 5) is 14.7. The number of amides is 1. The molecule has 1 aromatic heterocycles. The van der Waals surface area contributed by atoms with Crippen LogP contribution < -0.4 is 5.32 Å². The molecular formula is C17H11F5N2O. The fourth-order valence-corrected chi connectivity index (χ4v) is 2.46. The molecule has 1 amide bonds. The number of anilines is 1. The Balaban J connectivity index is 1.78. The molecule has 0 aliphatic carbocycles. The van der Waals surface area contributed by atoms with Crippen LogP contribution in [0, 0.1) is 11.6 Å². The number of fused-ring (bicyclic) bond motifs is 1. The van der Waals surface area contributed by atoms with E-state index in [1.165, 1.54) is 18.3 Å². The van der Waals surface area contributed by atoms with E-state index in [4.69, 9.17) is 0 Å². The first-order valence-electron chi connectivity index (χ1n) is 7.16. The zero-order chi connectivity index (χ0) is 18.2. The second-order valence-electron chi connectivity index (χ2n) is 5.44. The van der Waals surface area contributed by atoms with Crippen molar-refractivity contribution in [3.8, 4) is 0 Å². The fraction of sp³-hybridized carbons (Fsp3) is 0.118. The molecule has 25 heavy (non-hydrogen) atoms. The zero-order valence-corrected chi connectivity index (χ0v) is 12.5. The van der Waals surface area contributed by atoms with Crippen molar-refractivity contribution in [2.45, 2.75) is 12.6 Å². The van der Waals surface area contributed by atoms with Gasteiger partial charge < -0.3 is 10.3 Å². The van der Waals surface area contributed by atoms with E-state index in [1.54, 1.807) is 0 Å². The molecule has 3 nitrogen and oxygen atoms in total. The normalized spacial score (nSPS) is 11.7. The number of hydrogen-bond donors (Lipinski definition) is 2. The lowest BCUT2D eigenvalue weighted by Crippen LogP contribution is -2.15. The first-order valence-corrected chi connectivity index (χ1v) is 7.16. The third-order valence-electron chi connectivity index (χ3n) is 3.62. The van der Waals surface area contributed by atoms with E-state index in [0.717, 1.165) is 24.3 Å². The van der Waals surface area contributed by atoms with E-state index in [1.807, 2.05) is 0 Å². The topological polar surface area (TPSA) is 44.9 Å². The van der Waals surface area contributed by atoms with Gasteiger partial charge in [-0.25, -0.2) is 8.78 Å². The first kappa shape index (κ1) is 16.9. The Morgan fingerprint density at radius 1 is 1.08 bits per heavy atom. The van der Waals surface area contributed by atoms with Crippen LogP contribution in [-0.4, -0.2) is 10.9 Å². The van der Waals surface area contributed by atoms with Crippen molar-refractivity contribution in [1.82, 2.24) is 4.98 Å². The summed E-state index contributed by atoms with van der Waals surface area (Å²) in [6, 6.07) is 6.31. The highest BCUT2D eigenvalue weighted by atomic mass is 19.4. The number of carbonyl (C=O) groups excluding carboxylic acids is 1. The summed E-state index contributed by atoms with van der Waals surface area (Å²) < 4.78 is 64.6. The number of alkyl halides is 3. The maximum Gasteiger partial charge on any atom is 0.416 e. The Morgan fingerprint density at radius 2 is 1.80 bits per heavy atom. The fourth-order valence-electron chi connectivity index (χ4n) is 2.46. The predicted molar refractivity (Wildman–Crippen MR) is 82.0 cm³/mol. The number of H-pyrrole nitrogens is 1. The molecule has 0 saturated heterocycles. The van der Waals surface area contributed by atoms with Crippen molar-refractivity contribution in [3.05, 3.63) is 65.4 Å². The van der Waals surface area contributed by atoms with Crippen molar-refractivity contribution in [2.75, 3.05) is 5.32 Å². The first-order chi connectivity index (χ1) is 11.7. The van der Waals surface area contributed by atoms with Crippen molar-refractivity contribution in [2.24, 2.45) is 0 Å². The summed E-state index contributed by atoms with van der Waals surface area (Å²) in [6.07, 6.45) is -3.43. The SMILES string of the molecule is O=C(Cc1cccc(C(F)(F)F)c1)Nc1c[nH]c2cc(F)c(F)cc12. The number of aromatic nitrogens is 1. The molecule has 0 fully saturated rings. The highest BCUT2D eigenvalue weighted by Crippen LogP contribution is 2.30. The summed E-state index contributed by atoms with van der Waals surface area (Å²) in [6.45, 7) is 0. The number of hydrogen-bond acceptors (Lipinski definition) is 1. The third kappa shape index (κ3) is 3.62. The average molecular weight is 354 g/mol. The highest BCUT2D eigenvalue weighted by Gasteiger charge is 2.30. The van der Waals surface area contributed by atoms with Crippen LogP contribution in [0.15, 0.2) is 42.6 Å². The van der Waals surface area contributed by atoms with Gasteiger partial charge >= 0.3 is 6.18 Å². The minimum absolute atomic E-state index is 0.185. The predicted octanol–water partition coefficient (Wildman–Crippen LogP) is 4.65. The molecule has 3 aromatic rings. The summed E-state index contributed by atoms with van der Waals surface area (Å²) in [5.41, 5.74) is -0.161. The molecule has 0 radical (unpaired) electrons. The molecule has 0 bridgehead atoms. The summed E-state index contributed by atoms with van der Waals surface area (Å²) in [7, 11) is 0. The molecule has 0 unspecified atom stereocenters. The van der Waals surface area contributed by atoms with Crippen LogP contribution in [0.4, 0.5) is 27.6 Å². The average Bonchev–Trinajstić information content (AvgIpc) is 2.89. The monoisotopic (exact) mass is 354 g/mol. The second-order valence-corrected chi connectivity index (χ2v) is 5.44. The van der Waals surface area contributed by atoms with E-state index in [9.17, 15) is 26.7 Å². The van der Waals surface area contributed by atoms with Crippen LogP contribution in [0.2, 0.25) is 0 Å². The van der Waals surface area contributed by atoms with Crippen LogP contribution in [0.5, 0.6) is 0 Å². The van der Waals surface area contributed by atoms with Gasteiger partial charge in [0.1, 0.15) is 0 Å². The Hall–Kier alpha value is -2.90. The Morgan fingerprint density at radius 3 is 2.52 bits per heavy atom. The highest BCUT2D eigenvalue weighted by molar-refractivity contribution is 6.02. The number of halogens is 5. The van der Waals surface area contributed by atoms with Crippen molar-refractivity contribution in [1.29, 1.82) is 0 Å². The number of nitrogens with one attached hydrogen (secondary N) is 2. The summed E-state index contributed by atoms with van der Waals surface area (Å²) in [5, 5.41) is 2.74. The molecule has 2 N–H and O–H groups in total. The Kier molecular flexibility index (Phi) is 4.20. The molecular weight excluding hydrogens is 343 g/mol. The lowest BCUT2D eigenvalue weighted by atomic mass is 10.1. The molecule has 0 saturated carbocycles. The van der Waals surface area contributed by atoms with E-state index in [2.05, 4.69) is 10.3 Å². The van der Waals surface area contributed by atoms with Crippen molar-refractivity contribution >= 4 is 22.5 Å². The lowest BCUT2D eigenvalue weighted by molar-refractivity contribution is -0.137. The maximum absolute atomic E-state index is 13.3. The standard InChI is InChI=1S/C17H11F5N2O/c18-12-6-11-14(7-13(12)19)23-8-15(11)24-16(25)5-9-2-1-3-10(4-9)17(20,21)22/h1-4,6-8,23H,5H2,(H,24,25). The van der Waals surface area contributed by atoms with Crippen LogP contribution in [0.1, 0.15) is 11.1 Å². The quantitative estimate of drug-likeness (QED) is 0.661. The van der Waals surface area contributed by atoms with Gasteiger partial charge in [0.2, 0.25) is 5.91 Å². The summed E-state index contributed by atoms with van der Waals surface area (Å²) >= 11 is 0. The molecule has 0 atom stereocenters. The number of benzene rings is 2. The molecule has 0 aliphatic heterocycles. The van der Waals surface area contributed by atoms with Gasteiger partial charge in [-0.1, -0.05) is 18.2 Å². The minimum Gasteiger partial charge on any atom is -0.359 e. The molecule has 0 spiro atoms. The molecule has 130 valence electrons. The van der Waals surface area contributed by atoms with Gasteiger partial charge in [0.15, 0.2) is 11.6 Å². The maximum atomic E-state index is 13.3. The molecule has 1 heterocycles. The Bertz CT molecular complexity index is 946. The number of rotatable bonds is 3. The largest absolute Gasteiger partial charge is 0.416 e. The molecule has 0 aliphatic rings. The Labute approximate surface area is 138 Å². The molecule has 3 rings (SSSR count). The van der Waals surface area contributed by atoms with Crippen molar-refractivity contribution < 1.29 is 26.7 Å². The van der Waals surface area contributed by atoms with Gasteiger partial charge in [0.25, 0.3) is 0 Å². The van der Waals surface area contributed by atoms with Crippen LogP contribution in [-0.2, 0) is 17.4 Å². The van der Waals surface area contributed by atoms with Gasteiger partial charge in [-0.2, -0.15) is 13.2 Å². The van der Waals surface area contributed by atoms with Crippen molar-refractivity contribution in [3.63, 3.8) is 0 Å². The van der Waals surface area contributed by atoms with E-state index >= 15 is 0 Å². The third-order valence-corrected chi connectivity index (χ3v) is 3.62. The minimum atomic E-state index is -4.50. The second kappa shape index (κ2) is 6.19. The lowest BCUT2D eigenvalue weighted by Gasteiger charge is -2.09. The van der Waals surface area contributed by atoms with Gasteiger partial charge in [0, 0.05) is 17.6 Å². The zero-order valence-electron chi connectivity index (χ0n) is 12.5. The molecule has 2 aromatic carbocycles. The van der Waals surface area contributed by atoms with Gasteiger partial charge in [0.05, 0.1) is 23.2 Å². The van der Waals surface area contributed by atoms with Gasteiger partial charge in [-0.05, 0) is 17.7 Å². The van der Waals surface area contributed by atoms with Crippen LogP contribution >= 0.6 is 0 Å². The van der Waals surface area contributed by atoms with E-state index in [-0.39, 0.29) is 28.6 Å². The molecule has 8 heteroatoms. The van der Waals surface area contributed by atoms with Gasteiger partial charge in [-0.15, -0.1) is 0 Å². The summed E-state index contributed by atoms with van der Waals surface area (Å²) in [5.74, 6) is -2.68. The van der Waals surface area contributed by atoms with E-state index < -0.39 is 29.3 Å². The van der Waals surface area contributed by atoms with Crippen LogP contribution in [0.25, 0.3) is 10.9 Å². The van der Waals surface area contributed by atoms with Crippen LogP contribution in [0.3, 0.4) is 0 Å². The smallest absolute Gasteiger partial charge is 0.359 e. The number of aromatic amines is 1. The van der Waals surface area contributed by atoms with Gasteiger partial charge in [-0.3, -0.25) is 4.79 Å².